The number of hydrogen-bond donors (Lipinski definition) is 1. The molecule has 2 fully saturated rings. The molecule has 0 spiro atoms. The van der Waals surface area contributed by atoms with Crippen LogP contribution in [0.4, 0.5) is 0 Å². The largest absolute Gasteiger partial charge is 0.348 e. The van der Waals surface area contributed by atoms with Gasteiger partial charge < -0.3 is 5.32 Å². The van der Waals surface area contributed by atoms with E-state index in [0.717, 1.165) is 25.7 Å². The Morgan fingerprint density at radius 3 is 2.50 bits per heavy atom. The minimum Gasteiger partial charge on any atom is -0.348 e. The summed E-state index contributed by atoms with van der Waals surface area (Å²) in [6.45, 7) is 6.28. The summed E-state index contributed by atoms with van der Waals surface area (Å²) in [7, 11) is -3.18. The maximum absolute atomic E-state index is 12.8. The maximum Gasteiger partial charge on any atom is 0.251 e. The van der Waals surface area contributed by atoms with Crippen LogP contribution in [0.2, 0.25) is 0 Å². The summed E-state index contributed by atoms with van der Waals surface area (Å²) in [6.07, 6.45) is 4.37. The van der Waals surface area contributed by atoms with Crippen molar-refractivity contribution in [3.63, 3.8) is 0 Å². The van der Waals surface area contributed by atoms with E-state index in [2.05, 4.69) is 17.1 Å². The second-order valence-corrected chi connectivity index (χ2v) is 11.3. The minimum atomic E-state index is -3.18. The molecule has 1 aliphatic carbocycles. The fourth-order valence-electron chi connectivity index (χ4n) is 4.97. The number of carbonyl (C=O) groups is 1. The fourth-order valence-corrected chi connectivity index (χ4v) is 6.89. The number of piperazine rings is 1. The van der Waals surface area contributed by atoms with Crippen molar-refractivity contribution in [2.75, 3.05) is 31.9 Å². The summed E-state index contributed by atoms with van der Waals surface area (Å²) in [4.78, 5) is 15.2. The van der Waals surface area contributed by atoms with Gasteiger partial charge in [-0.05, 0) is 44.7 Å². The highest BCUT2D eigenvalue weighted by Crippen LogP contribution is 2.39. The molecule has 1 aliphatic heterocycles. The molecule has 1 N–H and O–H groups in total. The Labute approximate surface area is 186 Å². The van der Waals surface area contributed by atoms with Crippen LogP contribution in [0.1, 0.15) is 56.3 Å². The summed E-state index contributed by atoms with van der Waals surface area (Å²) in [5, 5.41) is 3.28. The maximum atomic E-state index is 12.8. The Balaban J connectivity index is 1.75. The van der Waals surface area contributed by atoms with Crippen molar-refractivity contribution in [1.29, 1.82) is 0 Å². The van der Waals surface area contributed by atoms with Gasteiger partial charge in [-0.3, -0.25) is 9.69 Å². The number of benzene rings is 1. The van der Waals surface area contributed by atoms with Crippen molar-refractivity contribution in [3.8, 4) is 0 Å². The van der Waals surface area contributed by atoms with E-state index in [-0.39, 0.29) is 28.6 Å². The van der Waals surface area contributed by atoms with E-state index in [4.69, 9.17) is 11.6 Å². The molecule has 30 heavy (non-hydrogen) atoms. The van der Waals surface area contributed by atoms with E-state index in [0.29, 0.717) is 38.2 Å². The molecule has 8 heteroatoms. The van der Waals surface area contributed by atoms with Gasteiger partial charge >= 0.3 is 0 Å². The molecular formula is C22H34ClN3O3S. The van der Waals surface area contributed by atoms with E-state index in [9.17, 15) is 13.2 Å². The van der Waals surface area contributed by atoms with Crippen molar-refractivity contribution in [1.82, 2.24) is 14.5 Å². The lowest BCUT2D eigenvalue weighted by Gasteiger charge is -2.53. The summed E-state index contributed by atoms with van der Waals surface area (Å²) in [6, 6.07) is 9.16. The Hall–Kier alpha value is -1.15. The summed E-state index contributed by atoms with van der Waals surface area (Å²) in [5.41, 5.74) is 0.392. The highest BCUT2D eigenvalue weighted by atomic mass is 35.5. The van der Waals surface area contributed by atoms with Crippen LogP contribution in [0.15, 0.2) is 30.3 Å². The number of rotatable bonds is 7. The predicted octanol–water partition coefficient (Wildman–Crippen LogP) is 3.08. The van der Waals surface area contributed by atoms with Crippen LogP contribution in [-0.4, -0.2) is 72.4 Å². The van der Waals surface area contributed by atoms with Crippen LogP contribution in [0.25, 0.3) is 0 Å². The standard InChI is InChI=1S/C22H34ClN3O3S/c1-3-16-30(28,29)26-14-12-25(13-15-26)22(11-7-10-20(23)17-22)18(2)24-21(27)19-8-5-4-6-9-19/h4-6,8-9,18,20H,3,7,10-17H2,1-2H3,(H,24,27). The van der Waals surface area contributed by atoms with E-state index in [1.165, 1.54) is 0 Å². The van der Waals surface area contributed by atoms with Gasteiger partial charge in [-0.25, -0.2) is 8.42 Å². The van der Waals surface area contributed by atoms with Gasteiger partial charge in [-0.2, -0.15) is 4.31 Å². The average Bonchev–Trinajstić information content (AvgIpc) is 2.74. The van der Waals surface area contributed by atoms with E-state index >= 15 is 0 Å². The van der Waals surface area contributed by atoms with Gasteiger partial charge in [-0.15, -0.1) is 11.6 Å². The third kappa shape index (κ3) is 5.18. The lowest BCUT2D eigenvalue weighted by atomic mass is 9.74. The number of sulfonamides is 1. The van der Waals surface area contributed by atoms with Crippen LogP contribution in [-0.2, 0) is 10.0 Å². The van der Waals surface area contributed by atoms with Gasteiger partial charge in [0.1, 0.15) is 0 Å². The van der Waals surface area contributed by atoms with Crippen LogP contribution in [0.5, 0.6) is 0 Å². The van der Waals surface area contributed by atoms with Gasteiger partial charge in [0.2, 0.25) is 10.0 Å². The van der Waals surface area contributed by atoms with Crippen molar-refractivity contribution < 1.29 is 13.2 Å². The first-order valence-electron chi connectivity index (χ1n) is 11.0. The number of nitrogens with zero attached hydrogens (tertiary/aromatic N) is 2. The van der Waals surface area contributed by atoms with E-state index in [1.807, 2.05) is 37.3 Å². The summed E-state index contributed by atoms with van der Waals surface area (Å²) >= 11 is 6.61. The Morgan fingerprint density at radius 2 is 1.90 bits per heavy atom. The van der Waals surface area contributed by atoms with Crippen LogP contribution in [0, 0.1) is 0 Å². The number of alkyl halides is 1. The Kier molecular flexibility index (Phi) is 7.82. The van der Waals surface area contributed by atoms with Crippen molar-refractivity contribution >= 4 is 27.5 Å². The third-order valence-electron chi connectivity index (χ3n) is 6.62. The normalized spacial score (nSPS) is 27.5. The molecule has 1 saturated heterocycles. The van der Waals surface area contributed by atoms with Crippen molar-refractivity contribution in [3.05, 3.63) is 35.9 Å². The third-order valence-corrected chi connectivity index (χ3v) is 9.06. The SMILES string of the molecule is CCCS(=O)(=O)N1CCN(C2(C(C)NC(=O)c3ccccc3)CCCC(Cl)C2)CC1. The number of halogens is 1. The van der Waals surface area contributed by atoms with E-state index < -0.39 is 10.0 Å². The average molecular weight is 456 g/mol. The second-order valence-electron chi connectivity index (χ2n) is 8.56. The molecule has 168 valence electrons. The molecule has 1 heterocycles. The molecule has 3 unspecified atom stereocenters. The zero-order valence-corrected chi connectivity index (χ0v) is 19.6. The van der Waals surface area contributed by atoms with Crippen LogP contribution >= 0.6 is 11.6 Å². The van der Waals surface area contributed by atoms with Crippen LogP contribution in [0.3, 0.4) is 0 Å². The van der Waals surface area contributed by atoms with Gasteiger partial charge in [0, 0.05) is 48.7 Å². The quantitative estimate of drug-likeness (QED) is 0.641. The first-order valence-corrected chi connectivity index (χ1v) is 13.1. The highest BCUT2D eigenvalue weighted by molar-refractivity contribution is 7.89. The number of nitrogens with one attached hydrogen (secondary N) is 1. The predicted molar refractivity (Wildman–Crippen MR) is 121 cm³/mol. The zero-order chi connectivity index (χ0) is 21.8. The molecule has 2 aliphatic rings. The lowest BCUT2D eigenvalue weighted by molar-refractivity contribution is 0.00175. The van der Waals surface area contributed by atoms with Gasteiger partial charge in [0.05, 0.1) is 5.75 Å². The Bertz CT molecular complexity index is 812. The molecule has 0 radical (unpaired) electrons. The molecule has 3 rings (SSSR count). The fraction of sp³-hybridized carbons (Fsp3) is 0.682. The van der Waals surface area contributed by atoms with Crippen molar-refractivity contribution in [2.24, 2.45) is 0 Å². The first-order chi connectivity index (χ1) is 14.3. The number of hydrogen-bond acceptors (Lipinski definition) is 4. The molecule has 6 nitrogen and oxygen atoms in total. The minimum absolute atomic E-state index is 0.0664. The smallest absolute Gasteiger partial charge is 0.251 e. The molecule has 3 atom stereocenters. The monoisotopic (exact) mass is 455 g/mol. The molecule has 1 amide bonds. The van der Waals surface area contributed by atoms with Gasteiger partial charge in [0.15, 0.2) is 0 Å². The molecule has 1 aromatic carbocycles. The molecular weight excluding hydrogens is 422 g/mol. The lowest BCUT2D eigenvalue weighted by Crippen LogP contribution is -2.67. The van der Waals surface area contributed by atoms with Gasteiger partial charge in [-0.1, -0.05) is 31.5 Å². The number of carbonyl (C=O) groups excluding carboxylic acids is 1. The molecule has 0 aromatic heterocycles. The van der Waals surface area contributed by atoms with Gasteiger partial charge in [0.25, 0.3) is 5.91 Å². The van der Waals surface area contributed by atoms with Crippen molar-refractivity contribution in [2.45, 2.75) is 62.9 Å². The molecule has 0 bridgehead atoms. The molecule has 1 aromatic rings. The topological polar surface area (TPSA) is 69.7 Å². The zero-order valence-electron chi connectivity index (χ0n) is 18.0. The summed E-state index contributed by atoms with van der Waals surface area (Å²) in [5.74, 6) is 0.120. The highest BCUT2D eigenvalue weighted by Gasteiger charge is 2.47. The second kappa shape index (κ2) is 9.98. The molecule has 1 saturated carbocycles. The van der Waals surface area contributed by atoms with Crippen LogP contribution < -0.4 is 5.32 Å². The number of amides is 1. The Morgan fingerprint density at radius 1 is 1.23 bits per heavy atom. The van der Waals surface area contributed by atoms with E-state index in [1.54, 1.807) is 4.31 Å². The first kappa shape index (κ1) is 23.5. The summed E-state index contributed by atoms with van der Waals surface area (Å²) < 4.78 is 26.6.